The van der Waals surface area contributed by atoms with Gasteiger partial charge in [0.25, 0.3) is 11.8 Å². The molecule has 0 saturated carbocycles. The molecule has 10 heteroatoms. The summed E-state index contributed by atoms with van der Waals surface area (Å²) in [6.07, 6.45) is 1.39. The monoisotopic (exact) mass is 486 g/mol. The first-order valence-electron chi connectivity index (χ1n) is 10.8. The van der Waals surface area contributed by atoms with Crippen molar-refractivity contribution >= 4 is 35.6 Å². The van der Waals surface area contributed by atoms with E-state index in [9.17, 15) is 19.2 Å². The summed E-state index contributed by atoms with van der Waals surface area (Å²) >= 11 is 0. The van der Waals surface area contributed by atoms with Gasteiger partial charge in [-0.1, -0.05) is 24.3 Å². The summed E-state index contributed by atoms with van der Waals surface area (Å²) in [5.74, 6) is -1.14. The van der Waals surface area contributed by atoms with Gasteiger partial charge in [-0.05, 0) is 53.6 Å². The van der Waals surface area contributed by atoms with E-state index in [1.54, 1.807) is 42.5 Å². The van der Waals surface area contributed by atoms with E-state index in [4.69, 9.17) is 19.3 Å². The van der Waals surface area contributed by atoms with E-state index in [2.05, 4.69) is 5.32 Å². The Morgan fingerprint density at radius 3 is 2.42 bits per heavy atom. The second-order valence-electron chi connectivity index (χ2n) is 7.86. The maximum atomic E-state index is 13.1. The number of barbiturate groups is 1. The van der Waals surface area contributed by atoms with Gasteiger partial charge in [-0.25, -0.2) is 14.5 Å². The Kier molecular flexibility index (Phi) is 5.83. The average Bonchev–Trinajstić information content (AvgIpc) is 3.34. The molecule has 0 aliphatic carbocycles. The van der Waals surface area contributed by atoms with E-state index in [0.717, 1.165) is 10.5 Å². The number of nitrogens with zero attached hydrogens (tertiary/aromatic N) is 1. The van der Waals surface area contributed by atoms with Crippen molar-refractivity contribution in [3.8, 4) is 17.2 Å². The van der Waals surface area contributed by atoms with Crippen LogP contribution in [0.5, 0.6) is 17.2 Å². The van der Waals surface area contributed by atoms with Crippen LogP contribution in [0, 0.1) is 0 Å². The summed E-state index contributed by atoms with van der Waals surface area (Å²) in [5, 5.41) is 11.2. The van der Waals surface area contributed by atoms with Crippen molar-refractivity contribution in [1.29, 1.82) is 0 Å². The van der Waals surface area contributed by atoms with Crippen LogP contribution in [-0.2, 0) is 16.2 Å². The number of amides is 4. The molecule has 180 valence electrons. The summed E-state index contributed by atoms with van der Waals surface area (Å²) in [6.45, 7) is 0.271. The molecular weight excluding hydrogens is 468 g/mol. The molecule has 4 amide bonds. The van der Waals surface area contributed by atoms with Crippen LogP contribution in [0.25, 0.3) is 6.08 Å². The van der Waals surface area contributed by atoms with E-state index in [1.165, 1.54) is 30.3 Å². The fraction of sp³-hybridized carbons (Fsp3) is 0.0769. The van der Waals surface area contributed by atoms with Crippen molar-refractivity contribution in [1.82, 2.24) is 5.32 Å². The highest BCUT2D eigenvalue weighted by Gasteiger charge is 2.37. The lowest BCUT2D eigenvalue weighted by atomic mass is 10.1. The molecule has 0 bridgehead atoms. The number of rotatable bonds is 6. The molecule has 3 aromatic rings. The summed E-state index contributed by atoms with van der Waals surface area (Å²) in [5.41, 5.74) is 1.56. The highest BCUT2D eigenvalue weighted by Crippen LogP contribution is 2.36. The molecule has 2 N–H and O–H groups in total. The molecule has 36 heavy (non-hydrogen) atoms. The first kappa shape index (κ1) is 22.7. The molecule has 2 aliphatic heterocycles. The number of nitrogens with one attached hydrogen (secondary N) is 1. The number of carbonyl (C=O) groups is 4. The summed E-state index contributed by atoms with van der Waals surface area (Å²) in [4.78, 5) is 49.7. The number of hydrogen-bond acceptors (Lipinski definition) is 7. The second kappa shape index (κ2) is 9.26. The van der Waals surface area contributed by atoms with Crippen molar-refractivity contribution < 1.29 is 38.5 Å². The number of carbonyl (C=O) groups excluding carboxylic acids is 3. The quantitative estimate of drug-likeness (QED) is 0.401. The molecule has 2 heterocycles. The van der Waals surface area contributed by atoms with Crippen molar-refractivity contribution in [3.63, 3.8) is 0 Å². The first-order chi connectivity index (χ1) is 17.4. The van der Waals surface area contributed by atoms with Crippen LogP contribution in [0.2, 0.25) is 0 Å². The number of fused-ring (bicyclic) bond motifs is 1. The Hall–Kier alpha value is -5.12. The third-order valence-electron chi connectivity index (χ3n) is 5.51. The van der Waals surface area contributed by atoms with Crippen LogP contribution in [0.4, 0.5) is 10.5 Å². The summed E-state index contributed by atoms with van der Waals surface area (Å²) in [6, 6.07) is 16.8. The molecule has 1 saturated heterocycles. The molecular formula is C26H18N2O8. The molecule has 10 nitrogen and oxygen atoms in total. The zero-order valence-corrected chi connectivity index (χ0v) is 18.6. The molecule has 3 aromatic carbocycles. The fourth-order valence-electron chi connectivity index (χ4n) is 3.65. The van der Waals surface area contributed by atoms with Gasteiger partial charge in [0.2, 0.25) is 6.79 Å². The van der Waals surface area contributed by atoms with E-state index in [-0.39, 0.29) is 30.2 Å². The lowest BCUT2D eigenvalue weighted by Gasteiger charge is -2.26. The summed E-state index contributed by atoms with van der Waals surface area (Å²) in [7, 11) is 0. The molecule has 2 aliphatic rings. The Bertz CT molecular complexity index is 1410. The fourth-order valence-corrected chi connectivity index (χ4v) is 3.65. The first-order valence-corrected chi connectivity index (χ1v) is 10.8. The van der Waals surface area contributed by atoms with Crippen LogP contribution in [0.15, 0.2) is 72.3 Å². The number of carboxylic acid groups (broad SMARTS) is 1. The second-order valence-corrected chi connectivity index (χ2v) is 7.86. The van der Waals surface area contributed by atoms with Crippen LogP contribution >= 0.6 is 0 Å². The third kappa shape index (κ3) is 4.47. The highest BCUT2D eigenvalue weighted by molar-refractivity contribution is 6.39. The van der Waals surface area contributed by atoms with Gasteiger partial charge in [0, 0.05) is 6.07 Å². The van der Waals surface area contributed by atoms with Gasteiger partial charge in [0.15, 0.2) is 11.5 Å². The molecule has 0 atom stereocenters. The largest absolute Gasteiger partial charge is 0.489 e. The topological polar surface area (TPSA) is 131 Å². The lowest BCUT2D eigenvalue weighted by Crippen LogP contribution is -2.54. The number of carboxylic acids is 1. The minimum absolute atomic E-state index is 0.0410. The van der Waals surface area contributed by atoms with Gasteiger partial charge >= 0.3 is 12.0 Å². The zero-order chi connectivity index (χ0) is 25.2. The molecule has 5 rings (SSSR count). The van der Waals surface area contributed by atoms with Gasteiger partial charge in [-0.3, -0.25) is 14.9 Å². The van der Waals surface area contributed by atoms with Crippen molar-refractivity contribution in [2.24, 2.45) is 0 Å². The Morgan fingerprint density at radius 1 is 0.972 bits per heavy atom. The van der Waals surface area contributed by atoms with Crippen molar-refractivity contribution in [2.45, 2.75) is 6.61 Å². The number of ether oxygens (including phenoxy) is 3. The van der Waals surface area contributed by atoms with E-state index in [1.807, 2.05) is 0 Å². The van der Waals surface area contributed by atoms with Gasteiger partial charge in [0.05, 0.1) is 11.3 Å². The molecule has 0 spiro atoms. The smallest absolute Gasteiger partial charge is 0.335 e. The highest BCUT2D eigenvalue weighted by atomic mass is 16.7. The van der Waals surface area contributed by atoms with Crippen LogP contribution in [0.1, 0.15) is 21.5 Å². The van der Waals surface area contributed by atoms with Crippen molar-refractivity contribution in [2.75, 3.05) is 11.7 Å². The molecule has 0 aromatic heterocycles. The predicted octanol–water partition coefficient (Wildman–Crippen LogP) is 3.36. The Morgan fingerprint density at radius 2 is 1.69 bits per heavy atom. The number of benzene rings is 3. The maximum absolute atomic E-state index is 13.1. The predicted molar refractivity (Wildman–Crippen MR) is 126 cm³/mol. The zero-order valence-electron chi connectivity index (χ0n) is 18.6. The minimum Gasteiger partial charge on any atom is -0.489 e. The van der Waals surface area contributed by atoms with Crippen molar-refractivity contribution in [3.05, 3.63) is 89.0 Å². The SMILES string of the molecule is O=C1NC(=O)N(c2ccc3c(c2)OCO3)C(=O)C1=Cc1ccc(OCc2ccc(C(=O)O)cc2)cc1. The number of anilines is 1. The number of imide groups is 2. The van der Waals surface area contributed by atoms with E-state index < -0.39 is 23.8 Å². The van der Waals surface area contributed by atoms with Gasteiger partial charge in [-0.2, -0.15) is 0 Å². The minimum atomic E-state index is -0.999. The third-order valence-corrected chi connectivity index (χ3v) is 5.51. The molecule has 1 fully saturated rings. The molecule has 0 radical (unpaired) electrons. The Balaban J connectivity index is 1.30. The van der Waals surface area contributed by atoms with Gasteiger partial charge in [0.1, 0.15) is 17.9 Å². The standard InChI is InChI=1S/C26H18N2O8/c29-23-20(24(30)28(26(33)27-23)18-7-10-21-22(12-18)36-14-35-21)11-15-3-8-19(9-4-15)34-13-16-1-5-17(6-2-16)25(31)32/h1-12H,13-14H2,(H,31,32)(H,27,29,33). The lowest BCUT2D eigenvalue weighted by molar-refractivity contribution is -0.122. The van der Waals surface area contributed by atoms with Crippen LogP contribution < -0.4 is 24.4 Å². The van der Waals surface area contributed by atoms with E-state index >= 15 is 0 Å². The average molecular weight is 486 g/mol. The van der Waals surface area contributed by atoms with Gasteiger partial charge in [-0.15, -0.1) is 0 Å². The maximum Gasteiger partial charge on any atom is 0.335 e. The van der Waals surface area contributed by atoms with E-state index in [0.29, 0.717) is 22.8 Å². The molecule has 0 unspecified atom stereocenters. The van der Waals surface area contributed by atoms with Crippen LogP contribution in [0.3, 0.4) is 0 Å². The Labute approximate surface area is 204 Å². The number of urea groups is 1. The van der Waals surface area contributed by atoms with Crippen LogP contribution in [-0.4, -0.2) is 35.7 Å². The normalized spacial score (nSPS) is 15.7. The van der Waals surface area contributed by atoms with Gasteiger partial charge < -0.3 is 19.3 Å². The number of hydrogen-bond donors (Lipinski definition) is 2. The number of aromatic carboxylic acids is 1. The summed E-state index contributed by atoms with van der Waals surface area (Å²) < 4.78 is 16.3.